The van der Waals surface area contributed by atoms with E-state index in [1.165, 1.54) is 34.3 Å². The molecule has 3 rings (SSSR count). The molecular formula is C19H22F3N3O4S. The number of hydrogen-bond donors (Lipinski definition) is 1. The van der Waals surface area contributed by atoms with E-state index in [1.54, 1.807) is 19.1 Å². The normalized spacial score (nSPS) is 16.1. The summed E-state index contributed by atoms with van der Waals surface area (Å²) < 4.78 is 70.3. The number of aryl methyl sites for hydroxylation is 1. The molecule has 0 atom stereocenters. The summed E-state index contributed by atoms with van der Waals surface area (Å²) in [5.74, 6) is 0.0426. The molecule has 1 amide bonds. The van der Waals surface area contributed by atoms with Crippen LogP contribution in [0, 0.1) is 6.92 Å². The van der Waals surface area contributed by atoms with Gasteiger partial charge in [-0.25, -0.2) is 13.1 Å². The number of nitrogens with one attached hydrogen (secondary N) is 1. The Kier molecular flexibility index (Phi) is 6.53. The number of piperazine rings is 1. The van der Waals surface area contributed by atoms with Crippen LogP contribution in [0.5, 0.6) is 0 Å². The highest BCUT2D eigenvalue weighted by Gasteiger charge is 2.33. The highest BCUT2D eigenvalue weighted by molar-refractivity contribution is 7.89. The number of benzene rings is 1. The number of carbonyl (C=O) groups excluding carboxylic acids is 1. The number of sulfonamides is 1. The second kappa shape index (κ2) is 8.78. The van der Waals surface area contributed by atoms with Gasteiger partial charge in [-0.05, 0) is 36.8 Å². The van der Waals surface area contributed by atoms with Crippen molar-refractivity contribution in [2.75, 3.05) is 32.7 Å². The van der Waals surface area contributed by atoms with Gasteiger partial charge in [-0.15, -0.1) is 0 Å². The largest absolute Gasteiger partial charge is 0.468 e. The fraction of sp³-hybridized carbons (Fsp3) is 0.421. The molecule has 0 bridgehead atoms. The summed E-state index contributed by atoms with van der Waals surface area (Å²) in [7, 11) is -3.88. The number of rotatable bonds is 6. The van der Waals surface area contributed by atoms with Crippen molar-refractivity contribution >= 4 is 15.9 Å². The molecule has 0 unspecified atom stereocenters. The van der Waals surface area contributed by atoms with Crippen LogP contribution in [0.15, 0.2) is 45.9 Å². The summed E-state index contributed by atoms with van der Waals surface area (Å²) in [6.07, 6.45) is -2.85. The number of furan rings is 1. The zero-order chi connectivity index (χ0) is 21.9. The lowest BCUT2D eigenvalue weighted by Gasteiger charge is -2.35. The standard InChI is InChI=1S/C19H22F3N3O4S/c1-14-4-5-16(30(27,28)23-12-15-3-2-10-29-15)11-17(14)18(26)25-8-6-24(7-9-25)13-19(20,21)22/h2-5,10-11,23H,6-9,12-13H2,1H3. The molecule has 30 heavy (non-hydrogen) atoms. The van der Waals surface area contributed by atoms with E-state index >= 15 is 0 Å². The van der Waals surface area contributed by atoms with Gasteiger partial charge in [0.05, 0.1) is 24.2 Å². The van der Waals surface area contributed by atoms with Crippen LogP contribution >= 0.6 is 0 Å². The molecule has 1 aromatic heterocycles. The van der Waals surface area contributed by atoms with Crippen LogP contribution < -0.4 is 4.72 Å². The van der Waals surface area contributed by atoms with Crippen molar-refractivity contribution in [2.45, 2.75) is 24.5 Å². The molecule has 1 N–H and O–H groups in total. The predicted octanol–water partition coefficient (Wildman–Crippen LogP) is 2.39. The van der Waals surface area contributed by atoms with Crippen LogP contribution in [-0.4, -0.2) is 63.0 Å². The first-order chi connectivity index (χ1) is 14.0. The van der Waals surface area contributed by atoms with Crippen LogP contribution in [0.4, 0.5) is 13.2 Å². The van der Waals surface area contributed by atoms with Crippen molar-refractivity contribution in [3.63, 3.8) is 0 Å². The molecule has 7 nitrogen and oxygen atoms in total. The van der Waals surface area contributed by atoms with Gasteiger partial charge < -0.3 is 9.32 Å². The summed E-state index contributed by atoms with van der Waals surface area (Å²) in [5, 5.41) is 0. The third kappa shape index (κ3) is 5.61. The van der Waals surface area contributed by atoms with Crippen molar-refractivity contribution in [3.05, 3.63) is 53.5 Å². The fourth-order valence-electron chi connectivity index (χ4n) is 3.19. The summed E-state index contributed by atoms with van der Waals surface area (Å²) in [6.45, 7) is 1.13. The number of nitrogens with zero attached hydrogens (tertiary/aromatic N) is 2. The van der Waals surface area contributed by atoms with Crippen LogP contribution in [0.2, 0.25) is 0 Å². The molecule has 0 radical (unpaired) electrons. The molecule has 1 saturated heterocycles. The molecular weight excluding hydrogens is 423 g/mol. The van der Waals surface area contributed by atoms with Crippen LogP contribution in [-0.2, 0) is 16.6 Å². The minimum atomic E-state index is -4.28. The third-order valence-electron chi connectivity index (χ3n) is 4.83. The summed E-state index contributed by atoms with van der Waals surface area (Å²) in [4.78, 5) is 15.5. The van der Waals surface area contributed by atoms with Crippen molar-refractivity contribution in [2.24, 2.45) is 0 Å². The van der Waals surface area contributed by atoms with Gasteiger partial charge in [-0.2, -0.15) is 13.2 Å². The maximum Gasteiger partial charge on any atom is 0.401 e. The number of amides is 1. The maximum absolute atomic E-state index is 12.9. The second-order valence-electron chi connectivity index (χ2n) is 7.06. The van der Waals surface area contributed by atoms with Crippen LogP contribution in [0.1, 0.15) is 21.7 Å². The van der Waals surface area contributed by atoms with Gasteiger partial charge in [0.2, 0.25) is 10.0 Å². The van der Waals surface area contributed by atoms with E-state index in [1.807, 2.05) is 0 Å². The van der Waals surface area contributed by atoms with Gasteiger partial charge in [0.1, 0.15) is 5.76 Å². The van der Waals surface area contributed by atoms with Gasteiger partial charge in [0.25, 0.3) is 5.91 Å². The van der Waals surface area contributed by atoms with Crippen molar-refractivity contribution in [1.82, 2.24) is 14.5 Å². The summed E-state index contributed by atoms with van der Waals surface area (Å²) in [5.41, 5.74) is 0.794. The maximum atomic E-state index is 12.9. The van der Waals surface area contributed by atoms with E-state index in [9.17, 15) is 26.4 Å². The first kappa shape index (κ1) is 22.3. The molecule has 2 aromatic rings. The molecule has 1 aliphatic rings. The average molecular weight is 445 g/mol. The molecule has 1 fully saturated rings. The molecule has 0 aliphatic carbocycles. The van der Waals surface area contributed by atoms with Crippen molar-refractivity contribution in [1.29, 1.82) is 0 Å². The van der Waals surface area contributed by atoms with E-state index in [0.29, 0.717) is 11.3 Å². The minimum Gasteiger partial charge on any atom is -0.468 e. The zero-order valence-electron chi connectivity index (χ0n) is 16.3. The Labute approximate surface area is 172 Å². The van der Waals surface area contributed by atoms with E-state index in [0.717, 1.165) is 0 Å². The van der Waals surface area contributed by atoms with Gasteiger partial charge in [-0.1, -0.05) is 6.07 Å². The molecule has 0 spiro atoms. The second-order valence-corrected chi connectivity index (χ2v) is 8.83. The average Bonchev–Trinajstić information content (AvgIpc) is 3.19. The van der Waals surface area contributed by atoms with Crippen molar-refractivity contribution < 1.29 is 30.8 Å². The first-order valence-electron chi connectivity index (χ1n) is 9.26. The van der Waals surface area contributed by atoms with Gasteiger partial charge >= 0.3 is 6.18 Å². The van der Waals surface area contributed by atoms with E-state index in [2.05, 4.69) is 4.72 Å². The quantitative estimate of drug-likeness (QED) is 0.738. The van der Waals surface area contributed by atoms with Crippen molar-refractivity contribution in [3.8, 4) is 0 Å². The molecule has 164 valence electrons. The SMILES string of the molecule is Cc1ccc(S(=O)(=O)NCc2ccco2)cc1C(=O)N1CCN(CC(F)(F)F)CC1. The van der Waals surface area contributed by atoms with Gasteiger partial charge in [0, 0.05) is 31.7 Å². The fourth-order valence-corrected chi connectivity index (χ4v) is 4.21. The Morgan fingerprint density at radius 1 is 1.17 bits per heavy atom. The van der Waals surface area contributed by atoms with Crippen LogP contribution in [0.25, 0.3) is 0 Å². The molecule has 11 heteroatoms. The van der Waals surface area contributed by atoms with Gasteiger partial charge in [-0.3, -0.25) is 9.69 Å². The third-order valence-corrected chi connectivity index (χ3v) is 6.23. The number of hydrogen-bond acceptors (Lipinski definition) is 5. The Balaban J connectivity index is 1.69. The molecule has 1 aliphatic heterocycles. The molecule has 2 heterocycles. The Morgan fingerprint density at radius 3 is 2.47 bits per heavy atom. The Hall–Kier alpha value is -2.37. The number of alkyl halides is 3. The van der Waals surface area contributed by atoms with E-state index in [4.69, 9.17) is 4.42 Å². The topological polar surface area (TPSA) is 82.9 Å². The lowest BCUT2D eigenvalue weighted by Crippen LogP contribution is -2.51. The first-order valence-corrected chi connectivity index (χ1v) is 10.7. The van der Waals surface area contributed by atoms with E-state index in [-0.39, 0.29) is 43.2 Å². The monoisotopic (exact) mass is 445 g/mol. The molecule has 0 saturated carbocycles. The van der Waals surface area contributed by atoms with Gasteiger partial charge in [0.15, 0.2) is 0 Å². The Morgan fingerprint density at radius 2 is 1.87 bits per heavy atom. The van der Waals surface area contributed by atoms with E-state index < -0.39 is 28.7 Å². The zero-order valence-corrected chi connectivity index (χ0v) is 17.1. The highest BCUT2D eigenvalue weighted by atomic mass is 32.2. The lowest BCUT2D eigenvalue weighted by atomic mass is 10.1. The smallest absolute Gasteiger partial charge is 0.401 e. The lowest BCUT2D eigenvalue weighted by molar-refractivity contribution is -0.148. The minimum absolute atomic E-state index is 0.0341. The molecule has 1 aromatic carbocycles. The van der Waals surface area contributed by atoms with Crippen LogP contribution in [0.3, 0.4) is 0 Å². The predicted molar refractivity (Wildman–Crippen MR) is 102 cm³/mol. The summed E-state index contributed by atoms with van der Waals surface area (Å²) in [6, 6.07) is 7.50. The number of halogens is 3. The summed E-state index contributed by atoms with van der Waals surface area (Å²) >= 11 is 0. The number of carbonyl (C=O) groups is 1. The highest BCUT2D eigenvalue weighted by Crippen LogP contribution is 2.21. The Bertz CT molecular complexity index is 983.